The van der Waals surface area contributed by atoms with E-state index in [0.29, 0.717) is 5.46 Å². The van der Waals surface area contributed by atoms with Gasteiger partial charge in [-0.1, -0.05) is 12.1 Å². The van der Waals surface area contributed by atoms with Crippen molar-refractivity contribution in [2.24, 2.45) is 0 Å². The normalized spacial score (nSPS) is 8.58. The van der Waals surface area contributed by atoms with Gasteiger partial charge in [-0.05, 0) is 17.6 Å². The van der Waals surface area contributed by atoms with E-state index in [9.17, 15) is 0 Å². The van der Waals surface area contributed by atoms with E-state index < -0.39 is 7.12 Å². The maximum atomic E-state index is 8.72. The van der Waals surface area contributed by atoms with Crippen molar-refractivity contribution >= 4 is 30.7 Å². The van der Waals surface area contributed by atoms with E-state index in [0.717, 1.165) is 5.69 Å². The first-order valence-electron chi connectivity index (χ1n) is 3.38. The highest BCUT2D eigenvalue weighted by Gasteiger charge is 2.08. The van der Waals surface area contributed by atoms with E-state index in [-0.39, 0.29) is 12.4 Å². The Morgan fingerprint density at radius 1 is 1.17 bits per heavy atom. The fraction of sp³-hybridized carbons (Fsp3) is 0.143. The second-order valence-electron chi connectivity index (χ2n) is 2.25. The molecule has 0 fully saturated rings. The minimum atomic E-state index is -1.37. The number of benzene rings is 1. The monoisotopic (exact) mass is 187 g/mol. The van der Waals surface area contributed by atoms with Gasteiger partial charge in [0.05, 0.1) is 0 Å². The Morgan fingerprint density at radius 3 is 2.00 bits per heavy atom. The lowest BCUT2D eigenvalue weighted by Crippen LogP contribution is -2.29. The van der Waals surface area contributed by atoms with Gasteiger partial charge in [-0.15, -0.1) is 12.4 Å². The van der Waals surface area contributed by atoms with Gasteiger partial charge in [-0.2, -0.15) is 0 Å². The summed E-state index contributed by atoms with van der Waals surface area (Å²) in [5, 5.41) is 20.4. The van der Waals surface area contributed by atoms with Crippen LogP contribution in [0.25, 0.3) is 0 Å². The first-order chi connectivity index (χ1) is 5.24. The van der Waals surface area contributed by atoms with Crippen molar-refractivity contribution in [3.63, 3.8) is 0 Å². The van der Waals surface area contributed by atoms with Crippen LogP contribution in [-0.4, -0.2) is 24.2 Å². The van der Waals surface area contributed by atoms with Crippen LogP contribution in [0.5, 0.6) is 0 Å². The van der Waals surface area contributed by atoms with Gasteiger partial charge in [0.25, 0.3) is 0 Å². The quantitative estimate of drug-likeness (QED) is 0.564. The maximum Gasteiger partial charge on any atom is 0.488 e. The Morgan fingerprint density at radius 2 is 1.67 bits per heavy atom. The summed E-state index contributed by atoms with van der Waals surface area (Å²) < 4.78 is 0. The van der Waals surface area contributed by atoms with Crippen LogP contribution in [0.4, 0.5) is 5.69 Å². The van der Waals surface area contributed by atoms with Crippen LogP contribution >= 0.6 is 12.4 Å². The third-order valence-corrected chi connectivity index (χ3v) is 1.50. The van der Waals surface area contributed by atoms with Gasteiger partial charge in [-0.25, -0.2) is 0 Å². The molecule has 0 aromatic heterocycles. The summed E-state index contributed by atoms with van der Waals surface area (Å²) in [6.07, 6.45) is 0. The Kier molecular flexibility index (Phi) is 4.74. The molecule has 0 saturated carbocycles. The zero-order chi connectivity index (χ0) is 8.27. The second-order valence-corrected chi connectivity index (χ2v) is 2.25. The molecule has 0 radical (unpaired) electrons. The van der Waals surface area contributed by atoms with Crippen molar-refractivity contribution in [2.75, 3.05) is 12.4 Å². The Labute approximate surface area is 78.0 Å². The molecular weight excluding hydrogens is 176 g/mol. The van der Waals surface area contributed by atoms with Gasteiger partial charge < -0.3 is 15.4 Å². The summed E-state index contributed by atoms with van der Waals surface area (Å²) in [4.78, 5) is 0. The van der Waals surface area contributed by atoms with Crippen molar-refractivity contribution in [3.05, 3.63) is 24.3 Å². The van der Waals surface area contributed by atoms with Crippen LogP contribution in [0, 0.1) is 0 Å². The molecule has 1 rings (SSSR count). The average Bonchev–Trinajstić information content (AvgIpc) is 2.05. The average molecular weight is 187 g/mol. The molecule has 12 heavy (non-hydrogen) atoms. The SMILES string of the molecule is CNc1ccc(B(O)O)cc1.Cl. The van der Waals surface area contributed by atoms with Crippen LogP contribution in [-0.2, 0) is 0 Å². The topological polar surface area (TPSA) is 52.5 Å². The number of nitrogens with one attached hydrogen (secondary N) is 1. The van der Waals surface area contributed by atoms with Gasteiger partial charge in [0.2, 0.25) is 0 Å². The molecule has 0 amide bonds. The van der Waals surface area contributed by atoms with E-state index in [1.807, 2.05) is 7.05 Å². The first kappa shape index (κ1) is 11.3. The molecule has 0 bridgehead atoms. The Balaban J connectivity index is 0.00000121. The molecule has 0 aliphatic carbocycles. The lowest BCUT2D eigenvalue weighted by atomic mass is 9.80. The molecule has 5 heteroatoms. The zero-order valence-corrected chi connectivity index (χ0v) is 7.51. The van der Waals surface area contributed by atoms with Gasteiger partial charge in [0.1, 0.15) is 0 Å². The number of halogens is 1. The second kappa shape index (κ2) is 5.03. The van der Waals surface area contributed by atoms with Crippen molar-refractivity contribution in [1.29, 1.82) is 0 Å². The van der Waals surface area contributed by atoms with Crippen molar-refractivity contribution in [2.45, 2.75) is 0 Å². The summed E-state index contributed by atoms with van der Waals surface area (Å²) in [6.45, 7) is 0. The summed E-state index contributed by atoms with van der Waals surface area (Å²) in [5.74, 6) is 0. The fourth-order valence-corrected chi connectivity index (χ4v) is 0.822. The van der Waals surface area contributed by atoms with E-state index in [2.05, 4.69) is 5.32 Å². The molecule has 66 valence electrons. The Hall–Kier alpha value is -0.705. The molecule has 3 N–H and O–H groups in total. The van der Waals surface area contributed by atoms with Crippen LogP contribution in [0.3, 0.4) is 0 Å². The summed E-state index contributed by atoms with van der Waals surface area (Å²) in [7, 11) is 0.436. The molecule has 0 atom stereocenters. The van der Waals surface area contributed by atoms with Crippen LogP contribution in [0.1, 0.15) is 0 Å². The van der Waals surface area contributed by atoms with Crippen LogP contribution in [0.15, 0.2) is 24.3 Å². The highest BCUT2D eigenvalue weighted by molar-refractivity contribution is 6.58. The predicted molar refractivity (Wildman–Crippen MR) is 53.1 cm³/mol. The molecule has 1 aromatic carbocycles. The van der Waals surface area contributed by atoms with Crippen molar-refractivity contribution in [1.82, 2.24) is 0 Å². The van der Waals surface area contributed by atoms with E-state index in [1.165, 1.54) is 0 Å². The molecule has 0 saturated heterocycles. The molecule has 0 unspecified atom stereocenters. The largest absolute Gasteiger partial charge is 0.488 e. The highest BCUT2D eigenvalue weighted by atomic mass is 35.5. The zero-order valence-electron chi connectivity index (χ0n) is 6.69. The molecule has 0 aliphatic heterocycles. The standard InChI is InChI=1S/C7H10BNO2.ClH/c1-9-7-4-2-6(3-5-7)8(10)11;/h2-5,9-11H,1H3;1H. The van der Waals surface area contributed by atoms with Gasteiger partial charge in [0, 0.05) is 12.7 Å². The first-order valence-corrected chi connectivity index (χ1v) is 3.38. The lowest BCUT2D eigenvalue weighted by molar-refractivity contribution is 0.426. The number of anilines is 1. The smallest absolute Gasteiger partial charge is 0.423 e. The number of hydrogen-bond donors (Lipinski definition) is 3. The molecule has 1 aromatic rings. The summed E-state index contributed by atoms with van der Waals surface area (Å²) in [5.41, 5.74) is 1.46. The molecule has 0 aliphatic rings. The molecule has 0 heterocycles. The van der Waals surface area contributed by atoms with Crippen molar-refractivity contribution < 1.29 is 10.0 Å². The lowest BCUT2D eigenvalue weighted by Gasteiger charge is -2.01. The minimum Gasteiger partial charge on any atom is -0.423 e. The van der Waals surface area contributed by atoms with Crippen molar-refractivity contribution in [3.8, 4) is 0 Å². The summed E-state index contributed by atoms with van der Waals surface area (Å²) >= 11 is 0. The third-order valence-electron chi connectivity index (χ3n) is 1.50. The molecular formula is C7H11BClNO2. The van der Waals surface area contributed by atoms with E-state index in [4.69, 9.17) is 10.0 Å². The highest BCUT2D eigenvalue weighted by Crippen LogP contribution is 2.01. The van der Waals surface area contributed by atoms with Gasteiger partial charge in [0.15, 0.2) is 0 Å². The third kappa shape index (κ3) is 2.73. The van der Waals surface area contributed by atoms with Gasteiger partial charge >= 0.3 is 7.12 Å². The van der Waals surface area contributed by atoms with Crippen LogP contribution < -0.4 is 10.8 Å². The predicted octanol–water partition coefficient (Wildman–Crippen LogP) is -0.170. The van der Waals surface area contributed by atoms with Crippen LogP contribution in [0.2, 0.25) is 0 Å². The molecule has 0 spiro atoms. The van der Waals surface area contributed by atoms with Gasteiger partial charge in [-0.3, -0.25) is 0 Å². The Bertz CT molecular complexity index is 227. The van der Waals surface area contributed by atoms with E-state index in [1.54, 1.807) is 24.3 Å². The minimum absolute atomic E-state index is 0. The number of hydrogen-bond acceptors (Lipinski definition) is 3. The van der Waals surface area contributed by atoms with E-state index >= 15 is 0 Å². The maximum absolute atomic E-state index is 8.72. The molecule has 3 nitrogen and oxygen atoms in total. The summed E-state index contributed by atoms with van der Waals surface area (Å²) in [6, 6.07) is 6.90. The number of rotatable bonds is 2. The fourth-order valence-electron chi connectivity index (χ4n) is 0.822.